The topological polar surface area (TPSA) is 50.7 Å². The number of aromatic nitrogens is 1. The highest BCUT2D eigenvalue weighted by atomic mass is 32.2. The van der Waals surface area contributed by atoms with Crippen LogP contribution in [-0.2, 0) is 11.3 Å². The number of hydrogen-bond donors (Lipinski definition) is 0. The Morgan fingerprint density at radius 3 is 2.68 bits per heavy atom. The smallest absolute Gasteiger partial charge is 0.267 e. The molecule has 2 aromatic heterocycles. The quantitative estimate of drug-likeness (QED) is 0.440. The molecular weight excluding hydrogens is 406 g/mol. The first-order valence-corrected chi connectivity index (χ1v) is 11.6. The highest BCUT2D eigenvalue weighted by Gasteiger charge is 2.34. The lowest BCUT2D eigenvalue weighted by atomic mass is 9.95. The lowest BCUT2D eigenvalue weighted by molar-refractivity contribution is -0.122. The molecule has 2 aliphatic rings. The van der Waals surface area contributed by atoms with Gasteiger partial charge in [0.1, 0.15) is 5.76 Å². The van der Waals surface area contributed by atoms with Crippen molar-refractivity contribution in [3.8, 4) is 0 Å². The van der Waals surface area contributed by atoms with E-state index in [-0.39, 0.29) is 5.91 Å². The van der Waals surface area contributed by atoms with Gasteiger partial charge in [0.05, 0.1) is 23.4 Å². The van der Waals surface area contributed by atoms with Crippen molar-refractivity contribution in [1.29, 1.82) is 0 Å². The maximum atomic E-state index is 13.3. The Hall–Kier alpha value is -2.99. The first-order valence-electron chi connectivity index (χ1n) is 10.8. The van der Waals surface area contributed by atoms with Crippen molar-refractivity contribution >= 4 is 34.6 Å². The van der Waals surface area contributed by atoms with Gasteiger partial charge in [-0.1, -0.05) is 37.5 Å². The fourth-order valence-electron chi connectivity index (χ4n) is 4.18. The molecule has 0 radical (unpaired) electrons. The van der Waals surface area contributed by atoms with Gasteiger partial charge in [0.25, 0.3) is 5.91 Å². The normalized spacial score (nSPS) is 20.3. The number of amides is 1. The standard InChI is InChI=1S/C25H25N3O2S/c29-24-23(16-19-13-14-27(17-19)21-10-5-2-6-11-21)31-25(26-20-8-3-1-4-9-20)28(24)18-22-12-7-15-30-22/h1,3-4,7-9,12-17,21H,2,5-6,10-11,18H2/b23-16+,26-25?. The molecule has 2 fully saturated rings. The lowest BCUT2D eigenvalue weighted by Crippen LogP contribution is -2.28. The molecule has 1 aromatic carbocycles. The molecule has 1 amide bonds. The summed E-state index contributed by atoms with van der Waals surface area (Å²) in [6.07, 6.45) is 14.3. The minimum absolute atomic E-state index is 0.0403. The molecule has 1 saturated carbocycles. The number of furan rings is 1. The van der Waals surface area contributed by atoms with E-state index in [9.17, 15) is 4.79 Å². The minimum atomic E-state index is -0.0403. The van der Waals surface area contributed by atoms with E-state index in [4.69, 9.17) is 9.41 Å². The Balaban J connectivity index is 1.42. The molecule has 31 heavy (non-hydrogen) atoms. The second kappa shape index (κ2) is 9.02. The molecule has 0 atom stereocenters. The van der Waals surface area contributed by atoms with Gasteiger partial charge < -0.3 is 8.98 Å². The van der Waals surface area contributed by atoms with E-state index in [1.165, 1.54) is 43.9 Å². The van der Waals surface area contributed by atoms with Crippen molar-refractivity contribution in [2.24, 2.45) is 4.99 Å². The van der Waals surface area contributed by atoms with Gasteiger partial charge in [-0.25, -0.2) is 4.99 Å². The Morgan fingerprint density at radius 2 is 1.90 bits per heavy atom. The van der Waals surface area contributed by atoms with Gasteiger partial charge in [0, 0.05) is 18.4 Å². The average Bonchev–Trinajstić information content (AvgIpc) is 3.54. The summed E-state index contributed by atoms with van der Waals surface area (Å²) in [4.78, 5) is 20.4. The van der Waals surface area contributed by atoms with Crippen molar-refractivity contribution in [2.45, 2.75) is 44.7 Å². The number of carbonyl (C=O) groups is 1. The highest BCUT2D eigenvalue weighted by Crippen LogP contribution is 2.36. The van der Waals surface area contributed by atoms with E-state index < -0.39 is 0 Å². The zero-order valence-electron chi connectivity index (χ0n) is 17.3. The number of carbonyl (C=O) groups excluding carboxylic acids is 1. The largest absolute Gasteiger partial charge is 0.467 e. The number of rotatable bonds is 5. The third-order valence-corrected chi connectivity index (χ3v) is 6.80. The Kier molecular flexibility index (Phi) is 5.80. The van der Waals surface area contributed by atoms with E-state index in [1.54, 1.807) is 11.2 Å². The molecule has 3 heterocycles. The predicted molar refractivity (Wildman–Crippen MR) is 125 cm³/mol. The van der Waals surface area contributed by atoms with E-state index >= 15 is 0 Å². The van der Waals surface area contributed by atoms with Crippen LogP contribution in [0.15, 0.2) is 81.5 Å². The zero-order chi connectivity index (χ0) is 21.0. The van der Waals surface area contributed by atoms with E-state index in [0.717, 1.165) is 17.0 Å². The minimum Gasteiger partial charge on any atom is -0.467 e. The van der Waals surface area contributed by atoms with Gasteiger partial charge in [-0.3, -0.25) is 9.69 Å². The van der Waals surface area contributed by atoms with Crippen molar-refractivity contribution in [2.75, 3.05) is 0 Å². The lowest BCUT2D eigenvalue weighted by Gasteiger charge is -2.23. The summed E-state index contributed by atoms with van der Waals surface area (Å²) in [5, 5.41) is 0.672. The van der Waals surface area contributed by atoms with Crippen LogP contribution in [-0.4, -0.2) is 20.5 Å². The second-order valence-corrected chi connectivity index (χ2v) is 9.00. The van der Waals surface area contributed by atoms with Crippen molar-refractivity contribution in [3.05, 3.63) is 83.4 Å². The number of para-hydroxylation sites is 1. The number of thioether (sulfide) groups is 1. The van der Waals surface area contributed by atoms with Crippen LogP contribution in [0.3, 0.4) is 0 Å². The first-order chi connectivity index (χ1) is 15.3. The van der Waals surface area contributed by atoms with Crippen molar-refractivity contribution < 1.29 is 9.21 Å². The Labute approximate surface area is 186 Å². The number of amidine groups is 1. The van der Waals surface area contributed by atoms with E-state index in [0.29, 0.717) is 22.7 Å². The van der Waals surface area contributed by atoms with Crippen molar-refractivity contribution in [1.82, 2.24) is 9.47 Å². The van der Waals surface area contributed by atoms with Gasteiger partial charge in [0.2, 0.25) is 0 Å². The highest BCUT2D eigenvalue weighted by molar-refractivity contribution is 8.18. The van der Waals surface area contributed by atoms with Crippen LogP contribution in [0, 0.1) is 0 Å². The summed E-state index contributed by atoms with van der Waals surface area (Å²) in [5.41, 5.74) is 1.88. The molecule has 1 aliphatic carbocycles. The van der Waals surface area contributed by atoms with Crippen LogP contribution >= 0.6 is 11.8 Å². The Bertz CT molecular complexity index is 1090. The number of benzene rings is 1. The SMILES string of the molecule is O=C1/C(=C\c2ccn(C3CCCCC3)c2)SC(=Nc2ccccc2)N1Cc1ccco1. The van der Waals surface area contributed by atoms with Gasteiger partial charge in [-0.2, -0.15) is 0 Å². The molecule has 0 unspecified atom stereocenters. The molecule has 0 bridgehead atoms. The fourth-order valence-corrected chi connectivity index (χ4v) is 5.17. The number of aliphatic imine (C=N–C) groups is 1. The average molecular weight is 432 g/mol. The van der Waals surface area contributed by atoms with Gasteiger partial charge in [0.15, 0.2) is 5.17 Å². The van der Waals surface area contributed by atoms with E-state index in [2.05, 4.69) is 23.0 Å². The Morgan fingerprint density at radius 1 is 1.06 bits per heavy atom. The molecule has 6 heteroatoms. The summed E-state index contributed by atoms with van der Waals surface area (Å²) in [6, 6.07) is 16.1. The van der Waals surface area contributed by atoms with Crippen LogP contribution in [0.2, 0.25) is 0 Å². The molecule has 0 spiro atoms. The molecule has 5 nitrogen and oxygen atoms in total. The van der Waals surface area contributed by atoms with Crippen molar-refractivity contribution in [3.63, 3.8) is 0 Å². The monoisotopic (exact) mass is 431 g/mol. The predicted octanol–water partition coefficient (Wildman–Crippen LogP) is 6.39. The van der Waals surface area contributed by atoms with Gasteiger partial charge >= 0.3 is 0 Å². The molecule has 0 N–H and O–H groups in total. The van der Waals surface area contributed by atoms with Crippen LogP contribution < -0.4 is 0 Å². The second-order valence-electron chi connectivity index (χ2n) is 8.00. The summed E-state index contributed by atoms with van der Waals surface area (Å²) >= 11 is 1.42. The number of hydrogen-bond acceptors (Lipinski definition) is 4. The van der Waals surface area contributed by atoms with Crippen LogP contribution in [0.1, 0.15) is 49.5 Å². The molecule has 1 saturated heterocycles. The van der Waals surface area contributed by atoms with Gasteiger partial charge in [-0.15, -0.1) is 0 Å². The fraction of sp³-hybridized carbons (Fsp3) is 0.280. The van der Waals surface area contributed by atoms with Crippen LogP contribution in [0.25, 0.3) is 6.08 Å². The zero-order valence-corrected chi connectivity index (χ0v) is 18.1. The molecule has 3 aromatic rings. The molecular formula is C25H25N3O2S. The molecule has 158 valence electrons. The van der Waals surface area contributed by atoms with E-state index in [1.807, 2.05) is 48.5 Å². The maximum Gasteiger partial charge on any atom is 0.267 e. The number of nitrogens with zero attached hydrogens (tertiary/aromatic N) is 3. The third-order valence-electron chi connectivity index (χ3n) is 5.79. The summed E-state index contributed by atoms with van der Waals surface area (Å²) in [6.45, 7) is 0.366. The van der Waals surface area contributed by atoms with Crippen LogP contribution in [0.4, 0.5) is 5.69 Å². The summed E-state index contributed by atoms with van der Waals surface area (Å²) in [7, 11) is 0. The maximum absolute atomic E-state index is 13.3. The third kappa shape index (κ3) is 4.54. The molecule has 5 rings (SSSR count). The summed E-state index contributed by atoms with van der Waals surface area (Å²) in [5.74, 6) is 0.695. The molecule has 1 aliphatic heterocycles. The summed E-state index contributed by atoms with van der Waals surface area (Å²) < 4.78 is 7.80. The first kappa shape index (κ1) is 19.9. The van der Waals surface area contributed by atoms with Crippen LogP contribution in [0.5, 0.6) is 0 Å². The van der Waals surface area contributed by atoms with Gasteiger partial charge in [-0.05, 0) is 66.6 Å².